The van der Waals surface area contributed by atoms with Crippen LogP contribution in [0, 0.1) is 0 Å². The lowest BCUT2D eigenvalue weighted by Crippen LogP contribution is -2.06. The van der Waals surface area contributed by atoms with Crippen LogP contribution in [0.25, 0.3) is 5.57 Å². The van der Waals surface area contributed by atoms with Crippen LogP contribution in [0.2, 0.25) is 0 Å². The van der Waals surface area contributed by atoms with Gasteiger partial charge in [0.2, 0.25) is 0 Å². The van der Waals surface area contributed by atoms with Crippen LogP contribution in [-0.4, -0.2) is 0 Å². The maximum atomic E-state index is 11.3. The molecule has 0 unspecified atom stereocenters. The Labute approximate surface area is 77.9 Å². The first-order valence-corrected chi connectivity index (χ1v) is 4.45. The van der Waals surface area contributed by atoms with Crippen molar-refractivity contribution in [2.24, 2.45) is 0 Å². The average molecular weight is 178 g/mol. The number of hydrogen-bond donors (Lipinski definition) is 0. The van der Waals surface area contributed by atoms with Gasteiger partial charge in [-0.3, -0.25) is 0 Å². The standard InChI is InChI=1S/C11H14O2/c1-4-8(3)10-7-6-9(5-2)11(12)13-10/h4,6-7H,5H2,1-3H3. The van der Waals surface area contributed by atoms with E-state index in [1.807, 2.05) is 39.0 Å². The first-order valence-electron chi connectivity index (χ1n) is 4.45. The number of allylic oxidation sites excluding steroid dienone is 2. The highest BCUT2D eigenvalue weighted by atomic mass is 16.4. The molecule has 1 aromatic heterocycles. The van der Waals surface area contributed by atoms with E-state index in [2.05, 4.69) is 0 Å². The summed E-state index contributed by atoms with van der Waals surface area (Å²) in [5, 5.41) is 0. The Morgan fingerprint density at radius 1 is 1.54 bits per heavy atom. The molecule has 0 aliphatic rings. The molecule has 1 rings (SSSR count). The number of aryl methyl sites for hydroxylation is 1. The summed E-state index contributed by atoms with van der Waals surface area (Å²) < 4.78 is 5.13. The van der Waals surface area contributed by atoms with Gasteiger partial charge in [-0.15, -0.1) is 0 Å². The van der Waals surface area contributed by atoms with Crippen LogP contribution < -0.4 is 5.63 Å². The van der Waals surface area contributed by atoms with Gasteiger partial charge in [0.1, 0.15) is 5.76 Å². The summed E-state index contributed by atoms with van der Waals surface area (Å²) in [6.07, 6.45) is 2.64. The van der Waals surface area contributed by atoms with Gasteiger partial charge in [-0.1, -0.05) is 13.0 Å². The van der Waals surface area contributed by atoms with Crippen LogP contribution in [0.4, 0.5) is 0 Å². The smallest absolute Gasteiger partial charge is 0.339 e. The highest BCUT2D eigenvalue weighted by Crippen LogP contribution is 2.11. The summed E-state index contributed by atoms with van der Waals surface area (Å²) >= 11 is 0. The molecule has 0 bridgehead atoms. The molecule has 0 amide bonds. The molecule has 0 spiro atoms. The van der Waals surface area contributed by atoms with Gasteiger partial charge >= 0.3 is 5.63 Å². The largest absolute Gasteiger partial charge is 0.423 e. The van der Waals surface area contributed by atoms with Crippen LogP contribution in [0.1, 0.15) is 32.1 Å². The van der Waals surface area contributed by atoms with Crippen LogP contribution in [0.15, 0.2) is 27.4 Å². The van der Waals surface area contributed by atoms with Gasteiger partial charge in [0, 0.05) is 5.56 Å². The second kappa shape index (κ2) is 4.08. The fraction of sp³-hybridized carbons (Fsp3) is 0.364. The van der Waals surface area contributed by atoms with Crippen LogP contribution >= 0.6 is 0 Å². The van der Waals surface area contributed by atoms with E-state index in [9.17, 15) is 4.79 Å². The van der Waals surface area contributed by atoms with Crippen molar-refractivity contribution >= 4 is 5.57 Å². The molecule has 1 aromatic rings. The van der Waals surface area contributed by atoms with Crippen molar-refractivity contribution in [1.29, 1.82) is 0 Å². The molecule has 0 aliphatic heterocycles. The molecule has 0 saturated carbocycles. The van der Waals surface area contributed by atoms with Crippen LogP contribution in [0.3, 0.4) is 0 Å². The lowest BCUT2D eigenvalue weighted by Gasteiger charge is -1.99. The van der Waals surface area contributed by atoms with Gasteiger partial charge in [-0.25, -0.2) is 4.79 Å². The first-order chi connectivity index (χ1) is 6.19. The van der Waals surface area contributed by atoms with E-state index in [0.717, 1.165) is 17.6 Å². The molecule has 0 fully saturated rings. The minimum Gasteiger partial charge on any atom is -0.423 e. The van der Waals surface area contributed by atoms with Crippen molar-refractivity contribution in [2.45, 2.75) is 27.2 Å². The molecular formula is C11H14O2. The van der Waals surface area contributed by atoms with Crippen LogP contribution in [-0.2, 0) is 6.42 Å². The maximum absolute atomic E-state index is 11.3. The van der Waals surface area contributed by atoms with Gasteiger partial charge in [-0.2, -0.15) is 0 Å². The predicted octanol–water partition coefficient (Wildman–Crippen LogP) is 2.63. The molecule has 0 N–H and O–H groups in total. The molecule has 0 aliphatic carbocycles. The van der Waals surface area contributed by atoms with Crippen molar-refractivity contribution in [3.8, 4) is 0 Å². The third-order valence-corrected chi connectivity index (χ3v) is 2.10. The Hall–Kier alpha value is -1.31. The third-order valence-electron chi connectivity index (χ3n) is 2.10. The van der Waals surface area contributed by atoms with Crippen molar-refractivity contribution < 1.29 is 4.42 Å². The summed E-state index contributed by atoms with van der Waals surface area (Å²) in [5.41, 5.74) is 1.49. The second-order valence-corrected chi connectivity index (χ2v) is 2.94. The van der Waals surface area contributed by atoms with E-state index in [4.69, 9.17) is 4.42 Å². The Balaban J connectivity index is 3.18. The van der Waals surface area contributed by atoms with E-state index in [0.29, 0.717) is 5.76 Å². The van der Waals surface area contributed by atoms with Crippen molar-refractivity contribution in [2.75, 3.05) is 0 Å². The van der Waals surface area contributed by atoms with Crippen molar-refractivity contribution in [1.82, 2.24) is 0 Å². The Bertz CT molecular complexity index is 372. The van der Waals surface area contributed by atoms with Gasteiger partial charge < -0.3 is 4.42 Å². The minimum absolute atomic E-state index is 0.221. The molecule has 0 atom stereocenters. The van der Waals surface area contributed by atoms with Gasteiger partial charge in [0.25, 0.3) is 0 Å². The van der Waals surface area contributed by atoms with Gasteiger partial charge in [-0.05, 0) is 38.0 Å². The zero-order valence-electron chi connectivity index (χ0n) is 8.26. The zero-order valence-corrected chi connectivity index (χ0v) is 8.26. The fourth-order valence-corrected chi connectivity index (χ4v) is 1.06. The average Bonchev–Trinajstić information content (AvgIpc) is 2.16. The van der Waals surface area contributed by atoms with Crippen molar-refractivity contribution in [3.63, 3.8) is 0 Å². The van der Waals surface area contributed by atoms with Crippen molar-refractivity contribution in [3.05, 3.63) is 40.0 Å². The van der Waals surface area contributed by atoms with E-state index in [-0.39, 0.29) is 5.63 Å². The first kappa shape index (κ1) is 9.78. The summed E-state index contributed by atoms with van der Waals surface area (Å²) in [6.45, 7) is 5.78. The van der Waals surface area contributed by atoms with E-state index < -0.39 is 0 Å². The molecule has 0 saturated heterocycles. The normalized spacial score (nSPS) is 11.8. The fourth-order valence-electron chi connectivity index (χ4n) is 1.06. The zero-order chi connectivity index (χ0) is 9.84. The molecule has 0 aromatic carbocycles. The molecule has 0 radical (unpaired) electrons. The van der Waals surface area contributed by atoms with E-state index >= 15 is 0 Å². The SMILES string of the molecule is CC=C(C)c1ccc(CC)c(=O)o1. The Morgan fingerprint density at radius 2 is 2.23 bits per heavy atom. The van der Waals surface area contributed by atoms with Gasteiger partial charge in [0.05, 0.1) is 0 Å². The molecule has 2 nitrogen and oxygen atoms in total. The Kier molecular flexibility index (Phi) is 3.07. The lowest BCUT2D eigenvalue weighted by molar-refractivity contribution is 0.489. The maximum Gasteiger partial charge on any atom is 0.339 e. The number of rotatable bonds is 2. The minimum atomic E-state index is -0.221. The third kappa shape index (κ3) is 2.08. The Morgan fingerprint density at radius 3 is 2.69 bits per heavy atom. The van der Waals surface area contributed by atoms with Crippen LogP contribution in [0.5, 0.6) is 0 Å². The van der Waals surface area contributed by atoms with Gasteiger partial charge in [0.15, 0.2) is 0 Å². The molecule has 70 valence electrons. The lowest BCUT2D eigenvalue weighted by atomic mass is 10.2. The monoisotopic (exact) mass is 178 g/mol. The quantitative estimate of drug-likeness (QED) is 0.696. The molecule has 13 heavy (non-hydrogen) atoms. The topological polar surface area (TPSA) is 30.2 Å². The summed E-state index contributed by atoms with van der Waals surface area (Å²) in [5.74, 6) is 0.657. The molecule has 2 heteroatoms. The highest BCUT2D eigenvalue weighted by molar-refractivity contribution is 5.58. The summed E-state index contributed by atoms with van der Waals surface area (Å²) in [7, 11) is 0. The summed E-state index contributed by atoms with van der Waals surface area (Å²) in [6, 6.07) is 3.67. The molecule has 1 heterocycles. The van der Waals surface area contributed by atoms with E-state index in [1.165, 1.54) is 0 Å². The highest BCUT2D eigenvalue weighted by Gasteiger charge is 2.02. The molecular weight excluding hydrogens is 164 g/mol. The summed E-state index contributed by atoms with van der Waals surface area (Å²) in [4.78, 5) is 11.3. The van der Waals surface area contributed by atoms with E-state index in [1.54, 1.807) is 0 Å². The second-order valence-electron chi connectivity index (χ2n) is 2.94. The predicted molar refractivity (Wildman–Crippen MR) is 53.7 cm³/mol. The number of hydrogen-bond acceptors (Lipinski definition) is 2.